The molecule has 1 aromatic rings. The number of amides is 3. The molecule has 0 saturated carbocycles. The van der Waals surface area contributed by atoms with Gasteiger partial charge in [-0.05, 0) is 25.1 Å². The van der Waals surface area contributed by atoms with E-state index in [2.05, 4.69) is 15.8 Å². The monoisotopic (exact) mass is 358 g/mol. The number of hydrogen-bond acceptors (Lipinski definition) is 4. The third-order valence-corrected chi connectivity index (χ3v) is 3.13. The highest BCUT2D eigenvalue weighted by Crippen LogP contribution is 2.25. The first-order valence-corrected chi connectivity index (χ1v) is 7.38. The fraction of sp³-hybridized carbons (Fsp3) is 0.286. The third kappa shape index (κ3) is 7.62. The molecule has 3 amide bonds. The van der Waals surface area contributed by atoms with Crippen LogP contribution in [0.4, 0.5) is 5.69 Å². The number of carbonyl (C=O) groups is 3. The zero-order chi connectivity index (χ0) is 17.4. The summed E-state index contributed by atoms with van der Waals surface area (Å²) in [5, 5.41) is 7.04. The van der Waals surface area contributed by atoms with Crippen LogP contribution in [0.3, 0.4) is 0 Å². The minimum absolute atomic E-state index is 0.0458. The molecule has 0 radical (unpaired) electrons. The Morgan fingerprint density at radius 3 is 2.43 bits per heavy atom. The summed E-state index contributed by atoms with van der Waals surface area (Å²) in [4.78, 5) is 34.0. The van der Waals surface area contributed by atoms with Gasteiger partial charge in [0, 0.05) is 23.6 Å². The molecule has 9 heteroatoms. The number of hydrogen-bond donors (Lipinski definition) is 3. The van der Waals surface area contributed by atoms with Gasteiger partial charge < -0.3 is 11.1 Å². The summed E-state index contributed by atoms with van der Waals surface area (Å²) in [7, 11) is 0. The van der Waals surface area contributed by atoms with Crippen LogP contribution in [0.2, 0.25) is 10.0 Å². The van der Waals surface area contributed by atoms with Gasteiger partial charge in [0.1, 0.15) is 0 Å². The molecule has 0 spiro atoms. The molecular weight excluding hydrogens is 343 g/mol. The van der Waals surface area contributed by atoms with Crippen molar-refractivity contribution in [2.24, 2.45) is 10.8 Å². The van der Waals surface area contributed by atoms with Crippen LogP contribution in [0.5, 0.6) is 0 Å². The Balaban J connectivity index is 2.41. The van der Waals surface area contributed by atoms with E-state index < -0.39 is 11.8 Å². The number of anilines is 1. The normalized spacial score (nSPS) is 11.0. The van der Waals surface area contributed by atoms with Crippen LogP contribution >= 0.6 is 23.2 Å². The molecule has 0 unspecified atom stereocenters. The Morgan fingerprint density at radius 2 is 1.83 bits per heavy atom. The van der Waals surface area contributed by atoms with Crippen molar-refractivity contribution >= 4 is 52.3 Å². The fourth-order valence-corrected chi connectivity index (χ4v) is 1.99. The number of hydrazone groups is 1. The van der Waals surface area contributed by atoms with E-state index in [4.69, 9.17) is 28.9 Å². The molecule has 1 aromatic carbocycles. The van der Waals surface area contributed by atoms with E-state index in [1.165, 1.54) is 6.07 Å². The van der Waals surface area contributed by atoms with Crippen LogP contribution in [-0.4, -0.2) is 23.4 Å². The minimum atomic E-state index is -0.542. The van der Waals surface area contributed by atoms with Crippen molar-refractivity contribution in [3.05, 3.63) is 28.2 Å². The number of halogens is 2. The standard InChI is InChI=1S/C14H16Cl2N4O3/c1-8(6-12(17)21)19-20-14(23)5-4-13(22)18-11-3-2-9(15)7-10(11)16/h2-3,7H,4-6H2,1H3,(H2,17,21)(H,18,22)(H,20,23)/b19-8-. The number of benzene rings is 1. The van der Waals surface area contributed by atoms with Crippen LogP contribution in [0, 0.1) is 0 Å². The van der Waals surface area contributed by atoms with E-state index in [-0.39, 0.29) is 25.2 Å². The second-order valence-electron chi connectivity index (χ2n) is 4.70. The summed E-state index contributed by atoms with van der Waals surface area (Å²) in [6.45, 7) is 1.56. The van der Waals surface area contributed by atoms with Crippen molar-refractivity contribution in [2.75, 3.05) is 5.32 Å². The zero-order valence-electron chi connectivity index (χ0n) is 12.4. The Bertz CT molecular complexity index is 647. The molecule has 0 fully saturated rings. The predicted octanol–water partition coefficient (Wildman–Crippen LogP) is 2.08. The van der Waals surface area contributed by atoms with E-state index in [9.17, 15) is 14.4 Å². The van der Waals surface area contributed by atoms with Gasteiger partial charge in [0.15, 0.2) is 0 Å². The van der Waals surface area contributed by atoms with Gasteiger partial charge in [0.25, 0.3) is 0 Å². The molecule has 7 nitrogen and oxygen atoms in total. The Morgan fingerprint density at radius 1 is 1.17 bits per heavy atom. The molecule has 0 heterocycles. The molecule has 124 valence electrons. The van der Waals surface area contributed by atoms with Crippen molar-refractivity contribution in [3.63, 3.8) is 0 Å². The van der Waals surface area contributed by atoms with Crippen LogP contribution < -0.4 is 16.5 Å². The summed E-state index contributed by atoms with van der Waals surface area (Å²) >= 11 is 11.7. The van der Waals surface area contributed by atoms with E-state index in [1.807, 2.05) is 0 Å². The quantitative estimate of drug-likeness (QED) is 0.511. The molecular formula is C14H16Cl2N4O3. The maximum absolute atomic E-state index is 11.8. The number of carbonyl (C=O) groups excluding carboxylic acids is 3. The topological polar surface area (TPSA) is 114 Å². The van der Waals surface area contributed by atoms with Crippen molar-refractivity contribution in [3.8, 4) is 0 Å². The first-order valence-electron chi connectivity index (χ1n) is 6.63. The van der Waals surface area contributed by atoms with E-state index >= 15 is 0 Å². The van der Waals surface area contributed by atoms with E-state index in [0.29, 0.717) is 21.4 Å². The maximum atomic E-state index is 11.8. The van der Waals surface area contributed by atoms with E-state index in [0.717, 1.165) is 0 Å². The smallest absolute Gasteiger partial charge is 0.240 e. The molecule has 0 saturated heterocycles. The van der Waals surface area contributed by atoms with Crippen molar-refractivity contribution < 1.29 is 14.4 Å². The number of primary amides is 1. The predicted molar refractivity (Wildman–Crippen MR) is 89.4 cm³/mol. The van der Waals surface area contributed by atoms with Gasteiger partial charge in [0.05, 0.1) is 17.1 Å². The van der Waals surface area contributed by atoms with Crippen LogP contribution in [0.25, 0.3) is 0 Å². The highest BCUT2D eigenvalue weighted by atomic mass is 35.5. The summed E-state index contributed by atoms with van der Waals surface area (Å²) in [6.07, 6.45) is -0.157. The number of nitrogens with one attached hydrogen (secondary N) is 2. The number of nitrogens with two attached hydrogens (primary N) is 1. The van der Waals surface area contributed by atoms with Gasteiger partial charge in [0.2, 0.25) is 17.7 Å². The molecule has 0 aromatic heterocycles. The molecule has 0 atom stereocenters. The fourth-order valence-electron chi connectivity index (χ4n) is 1.54. The lowest BCUT2D eigenvalue weighted by Crippen LogP contribution is -2.23. The van der Waals surface area contributed by atoms with Crippen LogP contribution in [0.15, 0.2) is 23.3 Å². The van der Waals surface area contributed by atoms with Gasteiger partial charge in [-0.15, -0.1) is 0 Å². The van der Waals surface area contributed by atoms with Crippen LogP contribution in [0.1, 0.15) is 26.2 Å². The highest BCUT2D eigenvalue weighted by molar-refractivity contribution is 6.36. The summed E-state index contributed by atoms with van der Waals surface area (Å²) in [5.74, 6) is -1.37. The Kier molecular flexibility index (Phi) is 7.50. The average Bonchev–Trinajstić information content (AvgIpc) is 2.45. The van der Waals surface area contributed by atoms with Crippen molar-refractivity contribution in [1.82, 2.24) is 5.43 Å². The second-order valence-corrected chi connectivity index (χ2v) is 5.54. The average molecular weight is 359 g/mol. The molecule has 0 aliphatic carbocycles. The molecule has 0 aliphatic heterocycles. The lowest BCUT2D eigenvalue weighted by molar-refractivity contribution is -0.124. The molecule has 23 heavy (non-hydrogen) atoms. The summed E-state index contributed by atoms with van der Waals surface area (Å²) in [5.41, 5.74) is 8.02. The van der Waals surface area contributed by atoms with E-state index in [1.54, 1.807) is 19.1 Å². The lowest BCUT2D eigenvalue weighted by Gasteiger charge is -2.07. The third-order valence-electron chi connectivity index (χ3n) is 2.59. The second kappa shape index (κ2) is 9.12. The first-order chi connectivity index (χ1) is 10.8. The van der Waals surface area contributed by atoms with Gasteiger partial charge in [-0.1, -0.05) is 23.2 Å². The summed E-state index contributed by atoms with van der Waals surface area (Å²) in [6, 6.07) is 4.66. The van der Waals surface area contributed by atoms with Crippen molar-refractivity contribution in [2.45, 2.75) is 26.2 Å². The minimum Gasteiger partial charge on any atom is -0.369 e. The molecule has 4 N–H and O–H groups in total. The Labute approximate surface area is 143 Å². The zero-order valence-corrected chi connectivity index (χ0v) is 13.9. The SMILES string of the molecule is C/C(CC(N)=O)=N/NC(=O)CCC(=O)Nc1ccc(Cl)cc1Cl. The van der Waals surface area contributed by atoms with Crippen molar-refractivity contribution in [1.29, 1.82) is 0 Å². The number of rotatable bonds is 7. The highest BCUT2D eigenvalue weighted by Gasteiger charge is 2.09. The lowest BCUT2D eigenvalue weighted by atomic mass is 10.2. The molecule has 1 rings (SSSR count). The Hall–Kier alpha value is -2.12. The van der Waals surface area contributed by atoms with Gasteiger partial charge in [-0.25, -0.2) is 5.43 Å². The summed E-state index contributed by atoms with van der Waals surface area (Å²) < 4.78 is 0. The first kappa shape index (κ1) is 18.9. The largest absolute Gasteiger partial charge is 0.369 e. The number of nitrogens with zero attached hydrogens (tertiary/aromatic N) is 1. The van der Waals surface area contributed by atoms with Gasteiger partial charge >= 0.3 is 0 Å². The van der Waals surface area contributed by atoms with Crippen LogP contribution in [-0.2, 0) is 14.4 Å². The van der Waals surface area contributed by atoms with Gasteiger partial charge in [-0.3, -0.25) is 14.4 Å². The molecule has 0 aliphatic rings. The maximum Gasteiger partial charge on any atom is 0.240 e. The van der Waals surface area contributed by atoms with Gasteiger partial charge in [-0.2, -0.15) is 5.10 Å². The molecule has 0 bridgehead atoms.